The first-order valence-corrected chi connectivity index (χ1v) is 11.4. The normalized spacial score (nSPS) is 17.1. The molecule has 1 amide bonds. The van der Waals surface area contributed by atoms with E-state index in [2.05, 4.69) is 15.1 Å². The molecule has 2 heterocycles. The Balaban J connectivity index is 1.74. The highest BCUT2D eigenvalue weighted by Crippen LogP contribution is 2.37. The van der Waals surface area contributed by atoms with E-state index in [4.69, 9.17) is 19.7 Å². The van der Waals surface area contributed by atoms with Crippen LogP contribution in [-0.4, -0.2) is 53.3 Å². The van der Waals surface area contributed by atoms with Crippen molar-refractivity contribution in [3.8, 4) is 17.2 Å². The first-order valence-electron chi connectivity index (χ1n) is 11.4. The van der Waals surface area contributed by atoms with Crippen LogP contribution in [0.5, 0.6) is 5.75 Å². The Hall–Kier alpha value is -3.67. The summed E-state index contributed by atoms with van der Waals surface area (Å²) in [6.07, 6.45) is -2.31. The fourth-order valence-electron chi connectivity index (χ4n) is 4.26. The largest absolute Gasteiger partial charge is 0.494 e. The van der Waals surface area contributed by atoms with Gasteiger partial charge in [0.05, 0.1) is 25.4 Å². The number of oxazole rings is 1. The zero-order chi connectivity index (χ0) is 26.0. The molecule has 1 fully saturated rings. The van der Waals surface area contributed by atoms with Crippen LogP contribution in [0, 0.1) is 0 Å². The van der Waals surface area contributed by atoms with Crippen LogP contribution >= 0.6 is 0 Å². The van der Waals surface area contributed by atoms with E-state index in [-0.39, 0.29) is 41.2 Å². The molecule has 1 aliphatic rings. The fourth-order valence-corrected chi connectivity index (χ4v) is 4.26. The molecular formula is C24H26F3N5O4. The van der Waals surface area contributed by atoms with Gasteiger partial charge in [-0.2, -0.15) is 13.2 Å². The topological polar surface area (TPSA) is 116 Å². The van der Waals surface area contributed by atoms with Gasteiger partial charge in [0.2, 0.25) is 5.89 Å². The van der Waals surface area contributed by atoms with Crippen LogP contribution < -0.4 is 10.5 Å². The lowest BCUT2D eigenvalue weighted by Gasteiger charge is -2.24. The van der Waals surface area contributed by atoms with Crippen molar-refractivity contribution >= 4 is 22.5 Å². The first kappa shape index (κ1) is 25.4. The van der Waals surface area contributed by atoms with E-state index < -0.39 is 17.8 Å². The highest BCUT2D eigenvalue weighted by Gasteiger charge is 2.35. The maximum Gasteiger partial charge on any atom is 0.433 e. The van der Waals surface area contributed by atoms with Crippen LogP contribution in [-0.2, 0) is 17.6 Å². The summed E-state index contributed by atoms with van der Waals surface area (Å²) in [6, 6.07) is 4.96. The average molecular weight is 505 g/mol. The quantitative estimate of drug-likeness (QED) is 0.474. The van der Waals surface area contributed by atoms with Gasteiger partial charge in [0, 0.05) is 18.0 Å². The summed E-state index contributed by atoms with van der Waals surface area (Å²) in [6.45, 7) is 2.15. The molecule has 1 saturated carbocycles. The minimum absolute atomic E-state index is 0.00921. The van der Waals surface area contributed by atoms with E-state index in [1.54, 1.807) is 13.1 Å². The van der Waals surface area contributed by atoms with Gasteiger partial charge < -0.3 is 24.6 Å². The molecule has 12 heteroatoms. The third-order valence-electron chi connectivity index (χ3n) is 6.04. The summed E-state index contributed by atoms with van der Waals surface area (Å²) in [7, 11) is 2.99. The number of hydrogen-bond acceptors (Lipinski definition) is 8. The van der Waals surface area contributed by atoms with E-state index in [0.29, 0.717) is 17.6 Å². The number of halogens is 3. The Kier molecular flexibility index (Phi) is 7.16. The van der Waals surface area contributed by atoms with E-state index in [1.807, 2.05) is 6.92 Å². The van der Waals surface area contributed by atoms with Gasteiger partial charge in [-0.25, -0.2) is 9.97 Å². The molecule has 0 bridgehead atoms. The standard InChI is InChI=1S/C24H26F3N5O4/c1-4-35-31-15-6-5-7-16(15)32(2)23(33)21-18(12-28)36-22(30-21)14-8-10-17(34-3)20-13(14)9-11-19(29-20)24(25,26)27/h8-11,16H,4-7,12,28H2,1-3H3/b31-15+. The smallest absolute Gasteiger partial charge is 0.433 e. The second-order valence-corrected chi connectivity index (χ2v) is 8.23. The Morgan fingerprint density at radius 1 is 1.28 bits per heavy atom. The number of oxime groups is 1. The Bertz CT molecular complexity index is 1300. The molecule has 1 atom stereocenters. The predicted molar refractivity (Wildman–Crippen MR) is 125 cm³/mol. The van der Waals surface area contributed by atoms with E-state index in [9.17, 15) is 18.0 Å². The number of rotatable bonds is 7. The highest BCUT2D eigenvalue weighted by molar-refractivity contribution is 6.00. The number of pyridine rings is 1. The molecule has 2 N–H and O–H groups in total. The molecule has 1 unspecified atom stereocenters. The van der Waals surface area contributed by atoms with Crippen molar-refractivity contribution in [1.29, 1.82) is 0 Å². The molecule has 0 aliphatic heterocycles. The molecule has 0 saturated heterocycles. The van der Waals surface area contributed by atoms with Crippen molar-refractivity contribution in [2.24, 2.45) is 10.9 Å². The molecule has 36 heavy (non-hydrogen) atoms. The molecule has 9 nitrogen and oxygen atoms in total. The van der Waals surface area contributed by atoms with Crippen molar-refractivity contribution < 1.29 is 32.0 Å². The minimum Gasteiger partial charge on any atom is -0.494 e. The number of amides is 1. The van der Waals surface area contributed by atoms with Crippen LogP contribution in [0.1, 0.15) is 48.1 Å². The summed E-state index contributed by atoms with van der Waals surface area (Å²) in [4.78, 5) is 28.3. The zero-order valence-electron chi connectivity index (χ0n) is 20.1. The Morgan fingerprint density at radius 3 is 2.72 bits per heavy atom. The second kappa shape index (κ2) is 10.1. The minimum atomic E-state index is -4.63. The van der Waals surface area contributed by atoms with Gasteiger partial charge in [0.15, 0.2) is 11.5 Å². The van der Waals surface area contributed by atoms with Crippen LogP contribution in [0.4, 0.5) is 13.2 Å². The number of methoxy groups -OCH3 is 1. The summed E-state index contributed by atoms with van der Waals surface area (Å²) in [5, 5.41) is 4.47. The third-order valence-corrected chi connectivity index (χ3v) is 6.04. The second-order valence-electron chi connectivity index (χ2n) is 8.23. The predicted octanol–water partition coefficient (Wildman–Crippen LogP) is 4.39. The number of nitrogens with two attached hydrogens (primary N) is 1. The van der Waals surface area contributed by atoms with Crippen molar-refractivity contribution in [2.45, 2.75) is 44.9 Å². The molecule has 4 rings (SSSR count). The number of ether oxygens (including phenoxy) is 1. The summed E-state index contributed by atoms with van der Waals surface area (Å²) in [5.41, 5.74) is 5.94. The van der Waals surface area contributed by atoms with Crippen molar-refractivity contribution in [2.75, 3.05) is 20.8 Å². The number of carbonyl (C=O) groups excluding carboxylic acids is 1. The van der Waals surface area contributed by atoms with Crippen molar-refractivity contribution in [3.63, 3.8) is 0 Å². The molecule has 0 radical (unpaired) electrons. The van der Waals surface area contributed by atoms with Gasteiger partial charge in [0.1, 0.15) is 23.6 Å². The summed E-state index contributed by atoms with van der Waals surface area (Å²) in [5.74, 6) is -0.0521. The monoisotopic (exact) mass is 505 g/mol. The Labute approximate surface area is 205 Å². The van der Waals surface area contributed by atoms with Crippen molar-refractivity contribution in [1.82, 2.24) is 14.9 Å². The maximum absolute atomic E-state index is 13.4. The lowest BCUT2D eigenvalue weighted by atomic mass is 10.1. The average Bonchev–Trinajstić information content (AvgIpc) is 3.52. The molecular weight excluding hydrogens is 479 g/mol. The SMILES string of the molecule is CCO/N=C1\CCCC1N(C)C(=O)c1nc(-c2ccc(OC)c3nc(C(F)(F)F)ccc23)oc1CN. The molecule has 192 valence electrons. The third kappa shape index (κ3) is 4.72. The molecule has 1 aliphatic carbocycles. The fraction of sp³-hybridized carbons (Fsp3) is 0.417. The summed E-state index contributed by atoms with van der Waals surface area (Å²) < 4.78 is 50.8. The first-order chi connectivity index (χ1) is 17.2. The van der Waals surface area contributed by atoms with Crippen molar-refractivity contribution in [3.05, 3.63) is 41.4 Å². The van der Waals surface area contributed by atoms with Crippen LogP contribution in [0.2, 0.25) is 0 Å². The number of nitrogens with zero attached hydrogens (tertiary/aromatic N) is 4. The molecule has 2 aromatic heterocycles. The Morgan fingerprint density at radius 2 is 2.06 bits per heavy atom. The van der Waals surface area contributed by atoms with E-state index >= 15 is 0 Å². The lowest BCUT2D eigenvalue weighted by Crippen LogP contribution is -2.40. The lowest BCUT2D eigenvalue weighted by molar-refractivity contribution is -0.140. The van der Waals surface area contributed by atoms with Gasteiger partial charge in [-0.1, -0.05) is 5.16 Å². The van der Waals surface area contributed by atoms with Gasteiger partial charge in [0.25, 0.3) is 5.91 Å². The van der Waals surface area contributed by atoms with Crippen LogP contribution in [0.3, 0.4) is 0 Å². The number of benzene rings is 1. The maximum atomic E-state index is 13.4. The molecule has 1 aromatic carbocycles. The highest BCUT2D eigenvalue weighted by atomic mass is 19.4. The number of fused-ring (bicyclic) bond motifs is 1. The van der Waals surface area contributed by atoms with Gasteiger partial charge in [-0.05, 0) is 50.5 Å². The molecule has 0 spiro atoms. The number of alkyl halides is 3. The van der Waals surface area contributed by atoms with E-state index in [1.165, 1.54) is 24.1 Å². The van der Waals surface area contributed by atoms with Crippen LogP contribution in [0.25, 0.3) is 22.4 Å². The molecule has 3 aromatic rings. The zero-order valence-corrected chi connectivity index (χ0v) is 20.1. The summed E-state index contributed by atoms with van der Waals surface area (Å²) >= 11 is 0. The van der Waals surface area contributed by atoms with Gasteiger partial charge in [-0.3, -0.25) is 4.79 Å². The number of carbonyl (C=O) groups is 1. The van der Waals surface area contributed by atoms with Gasteiger partial charge >= 0.3 is 6.18 Å². The van der Waals surface area contributed by atoms with E-state index in [0.717, 1.165) is 31.0 Å². The number of hydrogen-bond donors (Lipinski definition) is 1. The van der Waals surface area contributed by atoms with Gasteiger partial charge in [-0.15, -0.1) is 0 Å². The number of aromatic nitrogens is 2. The van der Waals surface area contributed by atoms with Crippen LogP contribution in [0.15, 0.2) is 33.8 Å².